The van der Waals surface area contributed by atoms with E-state index in [-0.39, 0.29) is 42.3 Å². The molecule has 0 amide bonds. The fraction of sp³-hybridized carbons (Fsp3) is 0.324. The number of carbonyl (C=O) groups excluding carboxylic acids is 1. The number of imidazole rings is 1. The van der Waals surface area contributed by atoms with Crippen LogP contribution in [0.4, 0.5) is 33.9 Å². The van der Waals surface area contributed by atoms with Crippen molar-refractivity contribution in [3.63, 3.8) is 0 Å². The summed E-state index contributed by atoms with van der Waals surface area (Å²) < 4.78 is 75.3. The highest BCUT2D eigenvalue weighted by Crippen LogP contribution is 2.35. The number of nitrogens with zero attached hydrogens (tertiary/aromatic N) is 6. The first-order chi connectivity index (χ1) is 24.3. The molecular weight excluding hydrogens is 676 g/mol. The van der Waals surface area contributed by atoms with E-state index in [9.17, 15) is 18.7 Å². The van der Waals surface area contributed by atoms with Crippen LogP contribution in [0.3, 0.4) is 0 Å². The van der Waals surface area contributed by atoms with Gasteiger partial charge >= 0.3 is 6.16 Å². The lowest BCUT2D eigenvalue weighted by Gasteiger charge is -2.44. The molecule has 13 nitrogen and oxygen atoms in total. The van der Waals surface area contributed by atoms with Gasteiger partial charge in [0.15, 0.2) is 23.0 Å². The van der Waals surface area contributed by atoms with Crippen LogP contribution in [0.5, 0.6) is 11.5 Å². The number of aromatic nitrogens is 5. The molecule has 0 saturated carbocycles. The summed E-state index contributed by atoms with van der Waals surface area (Å²) in [5.74, 6) is -2.03. The van der Waals surface area contributed by atoms with Crippen LogP contribution in [-0.4, -0.2) is 73.2 Å². The number of halogens is 4. The van der Waals surface area contributed by atoms with Gasteiger partial charge < -0.3 is 40.3 Å². The maximum Gasteiger partial charge on any atom is 0.516 e. The van der Waals surface area contributed by atoms with E-state index < -0.39 is 47.9 Å². The normalized spacial score (nSPS) is 17.4. The van der Waals surface area contributed by atoms with Gasteiger partial charge in [0.25, 0.3) is 6.43 Å². The lowest BCUT2D eigenvalue weighted by atomic mass is 9.84. The zero-order chi connectivity index (χ0) is 36.4. The number of pyridine rings is 1. The number of nitrogens with two attached hydrogens (primary N) is 2. The zero-order valence-corrected chi connectivity index (χ0v) is 27.5. The molecule has 4 heterocycles. The van der Waals surface area contributed by atoms with Gasteiger partial charge in [-0.15, -0.1) is 0 Å². The van der Waals surface area contributed by atoms with Gasteiger partial charge in [0.2, 0.25) is 6.29 Å². The molecule has 1 saturated heterocycles. The Balaban J connectivity index is 1.28. The SMILES string of the molecule is Cc1ccc(OC(=O)OC(C)Oc2cc(F)c(-c3cc(Cn4cnc5c(N)ncnc54)c(N4CCC[C@@](N)([C@H](O)C(F)F)C4)cn3)cc2F)cc1. The molecule has 6 rings (SSSR count). The number of rotatable bonds is 10. The van der Waals surface area contributed by atoms with Gasteiger partial charge in [-0.25, -0.2) is 37.3 Å². The average Bonchev–Trinajstić information content (AvgIpc) is 3.50. The van der Waals surface area contributed by atoms with Crippen LogP contribution in [0.25, 0.3) is 22.4 Å². The molecule has 3 atom stereocenters. The summed E-state index contributed by atoms with van der Waals surface area (Å²) in [7, 11) is 0. The second-order valence-corrected chi connectivity index (χ2v) is 12.3. The van der Waals surface area contributed by atoms with E-state index in [1.165, 1.54) is 31.8 Å². The molecule has 1 unspecified atom stereocenters. The van der Waals surface area contributed by atoms with Crippen LogP contribution in [0, 0.1) is 18.6 Å². The fourth-order valence-electron chi connectivity index (χ4n) is 5.94. The Hall–Kier alpha value is -5.55. The molecule has 0 spiro atoms. The Morgan fingerprint density at radius 2 is 1.84 bits per heavy atom. The number of ether oxygens (including phenoxy) is 3. The molecule has 3 aromatic heterocycles. The first-order valence-electron chi connectivity index (χ1n) is 15.8. The van der Waals surface area contributed by atoms with Crippen molar-refractivity contribution in [1.82, 2.24) is 24.5 Å². The number of fused-ring (bicyclic) bond motifs is 1. The third-order valence-corrected chi connectivity index (χ3v) is 8.53. The minimum atomic E-state index is -3.05. The van der Waals surface area contributed by atoms with Gasteiger partial charge in [-0.1, -0.05) is 17.7 Å². The number of aliphatic hydroxyl groups excluding tert-OH is 1. The predicted octanol–water partition coefficient (Wildman–Crippen LogP) is 4.97. The van der Waals surface area contributed by atoms with E-state index in [2.05, 4.69) is 19.9 Å². The molecule has 5 aromatic rings. The highest BCUT2D eigenvalue weighted by molar-refractivity contribution is 5.81. The van der Waals surface area contributed by atoms with Gasteiger partial charge in [0, 0.05) is 31.6 Å². The van der Waals surface area contributed by atoms with E-state index in [4.69, 9.17) is 25.7 Å². The van der Waals surface area contributed by atoms with Gasteiger partial charge in [-0.3, -0.25) is 4.98 Å². The van der Waals surface area contributed by atoms with Crippen molar-refractivity contribution in [2.75, 3.05) is 23.7 Å². The number of hydrogen-bond acceptors (Lipinski definition) is 12. The summed E-state index contributed by atoms with van der Waals surface area (Å²) in [5.41, 5.74) is 13.1. The van der Waals surface area contributed by atoms with Gasteiger partial charge in [0.1, 0.15) is 29.5 Å². The van der Waals surface area contributed by atoms with E-state index in [0.717, 1.165) is 17.7 Å². The average molecular weight is 711 g/mol. The lowest BCUT2D eigenvalue weighted by molar-refractivity contribution is -0.0529. The Morgan fingerprint density at radius 3 is 2.59 bits per heavy atom. The van der Waals surface area contributed by atoms with Crippen molar-refractivity contribution in [3.8, 4) is 22.8 Å². The molecule has 0 aliphatic carbocycles. The molecule has 51 heavy (non-hydrogen) atoms. The van der Waals surface area contributed by atoms with Crippen molar-refractivity contribution in [3.05, 3.63) is 84.1 Å². The Bertz CT molecular complexity index is 2050. The summed E-state index contributed by atoms with van der Waals surface area (Å²) >= 11 is 0. The molecule has 1 aliphatic heterocycles. The maximum atomic E-state index is 15.6. The summed E-state index contributed by atoms with van der Waals surface area (Å²) in [6.45, 7) is 3.52. The van der Waals surface area contributed by atoms with Crippen molar-refractivity contribution in [1.29, 1.82) is 0 Å². The zero-order valence-electron chi connectivity index (χ0n) is 27.5. The number of piperidine rings is 1. The number of aliphatic hydroxyl groups is 1. The van der Waals surface area contributed by atoms with Crippen molar-refractivity contribution in [2.24, 2.45) is 5.73 Å². The standard InChI is InChI=1S/C34H34F4N8O5/c1-18-4-6-21(7-5-18)51-33(48)50-19(2)49-27-12-23(35)22(11-24(27)36)25-10-20(14-46-17-44-28-31(39)42-16-43-32(28)46)26(13-41-25)45-9-3-8-34(40,15-45)29(47)30(37)38/h4-7,10-13,16-17,19,29-30,47H,3,8-9,14-15,40H2,1-2H3,(H2,39,42,43)/t19?,29-,34+/m1/s1. The number of hydrogen-bond donors (Lipinski definition) is 3. The van der Waals surface area contributed by atoms with Gasteiger partial charge in [-0.05, 0) is 49.6 Å². The quantitative estimate of drug-likeness (QED) is 0.0769. The van der Waals surface area contributed by atoms with Crippen LogP contribution in [0.2, 0.25) is 0 Å². The molecule has 0 radical (unpaired) electrons. The first-order valence-corrected chi connectivity index (χ1v) is 15.8. The number of carbonyl (C=O) groups is 1. The Morgan fingerprint density at radius 1 is 1.08 bits per heavy atom. The van der Waals surface area contributed by atoms with Crippen molar-refractivity contribution >= 4 is 28.8 Å². The van der Waals surface area contributed by atoms with Crippen LogP contribution in [0.15, 0.2) is 61.3 Å². The molecule has 0 bridgehead atoms. The van der Waals surface area contributed by atoms with E-state index in [0.29, 0.717) is 35.4 Å². The topological polar surface area (TPSA) is 177 Å². The molecule has 5 N–H and O–H groups in total. The monoisotopic (exact) mass is 710 g/mol. The maximum absolute atomic E-state index is 15.6. The summed E-state index contributed by atoms with van der Waals surface area (Å²) in [6, 6.07) is 9.82. The largest absolute Gasteiger partial charge is 0.516 e. The first kappa shape index (κ1) is 35.3. The highest BCUT2D eigenvalue weighted by atomic mass is 19.3. The smallest absolute Gasteiger partial charge is 0.452 e. The minimum Gasteiger partial charge on any atom is -0.452 e. The molecule has 17 heteroatoms. The second-order valence-electron chi connectivity index (χ2n) is 12.3. The van der Waals surface area contributed by atoms with Crippen molar-refractivity contribution in [2.45, 2.75) is 57.6 Å². The van der Waals surface area contributed by atoms with Crippen molar-refractivity contribution < 1.29 is 41.7 Å². The molecular formula is C34H34F4N8O5. The number of aryl methyl sites for hydroxylation is 1. The number of nitrogen functional groups attached to an aromatic ring is 1. The van der Waals surface area contributed by atoms with Crippen LogP contribution in [0.1, 0.15) is 30.9 Å². The predicted molar refractivity (Wildman–Crippen MR) is 177 cm³/mol. The van der Waals surface area contributed by atoms with Gasteiger partial charge in [-0.2, -0.15) is 0 Å². The number of alkyl halides is 2. The summed E-state index contributed by atoms with van der Waals surface area (Å²) in [6.07, 6.45) is -2.86. The van der Waals surface area contributed by atoms with Crippen LogP contribution in [-0.2, 0) is 11.3 Å². The summed E-state index contributed by atoms with van der Waals surface area (Å²) in [5, 5.41) is 10.3. The number of benzene rings is 2. The fourth-order valence-corrected chi connectivity index (χ4v) is 5.94. The minimum absolute atomic E-state index is 0.0323. The Labute approximate surface area is 288 Å². The third kappa shape index (κ3) is 7.63. The molecule has 2 aromatic carbocycles. The summed E-state index contributed by atoms with van der Waals surface area (Å²) in [4.78, 5) is 30.8. The third-order valence-electron chi connectivity index (χ3n) is 8.53. The van der Waals surface area contributed by atoms with E-state index in [1.807, 2.05) is 6.92 Å². The van der Waals surface area contributed by atoms with E-state index >= 15 is 8.78 Å². The highest BCUT2D eigenvalue weighted by Gasteiger charge is 2.43. The van der Waals surface area contributed by atoms with E-state index in [1.54, 1.807) is 33.7 Å². The Kier molecular flexibility index (Phi) is 9.93. The molecule has 1 fully saturated rings. The van der Waals surface area contributed by atoms with Crippen LogP contribution >= 0.6 is 0 Å². The van der Waals surface area contributed by atoms with Crippen LogP contribution < -0.4 is 25.8 Å². The lowest BCUT2D eigenvalue weighted by Crippen LogP contribution is -2.63. The number of anilines is 2. The molecule has 1 aliphatic rings. The second kappa shape index (κ2) is 14.4. The van der Waals surface area contributed by atoms with Gasteiger partial charge in [0.05, 0.1) is 36.0 Å². The molecule has 268 valence electrons.